The molecule has 0 bridgehead atoms. The molecule has 0 saturated heterocycles. The van der Waals surface area contributed by atoms with Crippen LogP contribution in [0.2, 0.25) is 0 Å². The highest BCUT2D eigenvalue weighted by Gasteiger charge is 2.11. The summed E-state index contributed by atoms with van der Waals surface area (Å²) in [4.78, 5) is 0.292. The van der Waals surface area contributed by atoms with E-state index in [1.54, 1.807) is 31.2 Å². The number of hydrogen-bond acceptors (Lipinski definition) is 4. The smallest absolute Gasteiger partial charge is 0.240 e. The van der Waals surface area contributed by atoms with E-state index in [1.165, 1.54) is 0 Å². The van der Waals surface area contributed by atoms with Crippen molar-refractivity contribution >= 4 is 15.7 Å². The predicted octanol–water partition coefficient (Wildman–Crippen LogP) is 2.60. The van der Waals surface area contributed by atoms with Gasteiger partial charge in [0.2, 0.25) is 10.0 Å². The third-order valence-electron chi connectivity index (χ3n) is 2.85. The average Bonchev–Trinajstić information content (AvgIpc) is 2.43. The molecule has 0 fully saturated rings. The molecule has 1 aromatic carbocycles. The van der Waals surface area contributed by atoms with Crippen molar-refractivity contribution in [3.63, 3.8) is 0 Å². The van der Waals surface area contributed by atoms with E-state index in [0.29, 0.717) is 11.4 Å². The zero-order chi connectivity index (χ0) is 15.7. The first-order chi connectivity index (χ1) is 9.95. The van der Waals surface area contributed by atoms with Crippen LogP contribution in [-0.4, -0.2) is 34.2 Å². The molecule has 0 heterocycles. The summed E-state index contributed by atoms with van der Waals surface area (Å²) in [5.74, 6) is 0. The van der Waals surface area contributed by atoms with Crippen LogP contribution in [0.25, 0.3) is 0 Å². The monoisotopic (exact) mass is 314 g/mol. The van der Waals surface area contributed by atoms with Gasteiger partial charge in [0.15, 0.2) is 0 Å². The molecule has 6 heteroatoms. The second kappa shape index (κ2) is 9.02. The summed E-state index contributed by atoms with van der Waals surface area (Å²) < 4.78 is 31.5. The lowest BCUT2D eigenvalue weighted by Gasteiger charge is -2.09. The Labute approximate surface area is 128 Å². The molecule has 0 amide bonds. The van der Waals surface area contributed by atoms with E-state index in [9.17, 15) is 8.42 Å². The van der Waals surface area contributed by atoms with Gasteiger partial charge in [-0.3, -0.25) is 0 Å². The summed E-state index contributed by atoms with van der Waals surface area (Å²) in [6.45, 7) is 7.83. The van der Waals surface area contributed by atoms with Crippen molar-refractivity contribution in [2.45, 2.75) is 44.6 Å². The van der Waals surface area contributed by atoms with Gasteiger partial charge in [-0.25, -0.2) is 13.1 Å². The van der Waals surface area contributed by atoms with Crippen molar-refractivity contribution in [3.05, 3.63) is 24.3 Å². The molecule has 0 radical (unpaired) electrons. The lowest BCUT2D eigenvalue weighted by Crippen LogP contribution is -2.23. The van der Waals surface area contributed by atoms with Gasteiger partial charge in [0.1, 0.15) is 0 Å². The lowest BCUT2D eigenvalue weighted by atomic mass is 10.3. The standard InChI is InChI=1S/C15H26N2O3S/c1-4-17-21(18,19)15-9-7-14(8-10-15)16-11-5-6-12-20-13(2)3/h7-10,13,16-17H,4-6,11-12H2,1-3H3. The van der Waals surface area contributed by atoms with Crippen LogP contribution < -0.4 is 10.0 Å². The molecular formula is C15H26N2O3S. The minimum absolute atomic E-state index is 0.282. The fraction of sp³-hybridized carbons (Fsp3) is 0.600. The number of ether oxygens (including phenoxy) is 1. The Kier molecular flexibility index (Phi) is 7.71. The molecule has 1 aromatic rings. The van der Waals surface area contributed by atoms with Gasteiger partial charge in [-0.15, -0.1) is 0 Å². The van der Waals surface area contributed by atoms with Crippen molar-refractivity contribution in [1.82, 2.24) is 4.72 Å². The van der Waals surface area contributed by atoms with Crippen molar-refractivity contribution in [2.75, 3.05) is 25.0 Å². The van der Waals surface area contributed by atoms with Crippen LogP contribution in [0, 0.1) is 0 Å². The predicted molar refractivity (Wildman–Crippen MR) is 86.1 cm³/mol. The van der Waals surface area contributed by atoms with Gasteiger partial charge in [-0.05, 0) is 51.0 Å². The Morgan fingerprint density at radius 1 is 1.14 bits per heavy atom. The van der Waals surface area contributed by atoms with E-state index in [-0.39, 0.29) is 6.10 Å². The zero-order valence-corrected chi connectivity index (χ0v) is 13.9. The molecule has 2 N–H and O–H groups in total. The molecule has 0 aliphatic rings. The summed E-state index contributed by atoms with van der Waals surface area (Å²) in [5, 5.41) is 3.27. The van der Waals surface area contributed by atoms with Crippen LogP contribution >= 0.6 is 0 Å². The van der Waals surface area contributed by atoms with Gasteiger partial charge in [0.05, 0.1) is 11.0 Å². The lowest BCUT2D eigenvalue weighted by molar-refractivity contribution is 0.0765. The minimum atomic E-state index is -3.36. The Bertz CT molecular complexity index is 498. The van der Waals surface area contributed by atoms with Gasteiger partial charge in [-0.2, -0.15) is 0 Å². The van der Waals surface area contributed by atoms with Gasteiger partial charge in [-0.1, -0.05) is 6.92 Å². The van der Waals surface area contributed by atoms with E-state index in [4.69, 9.17) is 4.74 Å². The first-order valence-electron chi connectivity index (χ1n) is 7.41. The summed E-state index contributed by atoms with van der Waals surface area (Å²) in [5.41, 5.74) is 0.926. The molecule has 0 atom stereocenters. The number of rotatable bonds is 10. The maximum atomic E-state index is 11.8. The zero-order valence-electron chi connectivity index (χ0n) is 13.1. The van der Waals surface area contributed by atoms with Gasteiger partial charge in [0.25, 0.3) is 0 Å². The number of benzene rings is 1. The quantitative estimate of drug-likeness (QED) is 0.651. The highest BCUT2D eigenvalue weighted by Crippen LogP contribution is 2.14. The molecule has 0 aliphatic heterocycles. The number of sulfonamides is 1. The van der Waals surface area contributed by atoms with Crippen LogP contribution in [0.3, 0.4) is 0 Å². The molecule has 0 saturated carbocycles. The van der Waals surface area contributed by atoms with Crippen LogP contribution in [0.15, 0.2) is 29.2 Å². The SMILES string of the molecule is CCNS(=O)(=O)c1ccc(NCCCCOC(C)C)cc1. The van der Waals surface area contributed by atoms with Crippen LogP contribution in [-0.2, 0) is 14.8 Å². The molecular weight excluding hydrogens is 288 g/mol. The van der Waals surface area contributed by atoms with Crippen molar-refractivity contribution < 1.29 is 13.2 Å². The largest absolute Gasteiger partial charge is 0.385 e. The van der Waals surface area contributed by atoms with E-state index in [0.717, 1.165) is 31.7 Å². The highest BCUT2D eigenvalue weighted by molar-refractivity contribution is 7.89. The second-order valence-electron chi connectivity index (χ2n) is 5.08. The Morgan fingerprint density at radius 3 is 2.38 bits per heavy atom. The van der Waals surface area contributed by atoms with E-state index < -0.39 is 10.0 Å². The summed E-state index contributed by atoms with van der Waals surface area (Å²) in [6, 6.07) is 6.80. The number of hydrogen-bond donors (Lipinski definition) is 2. The maximum absolute atomic E-state index is 11.8. The number of unbranched alkanes of at least 4 members (excludes halogenated alkanes) is 1. The molecule has 21 heavy (non-hydrogen) atoms. The van der Waals surface area contributed by atoms with Crippen LogP contribution in [0.1, 0.15) is 33.6 Å². The number of anilines is 1. The third-order valence-corrected chi connectivity index (χ3v) is 4.41. The van der Waals surface area contributed by atoms with E-state index >= 15 is 0 Å². The molecule has 5 nitrogen and oxygen atoms in total. The average molecular weight is 314 g/mol. The molecule has 120 valence electrons. The van der Waals surface area contributed by atoms with Crippen molar-refractivity contribution in [3.8, 4) is 0 Å². The third kappa shape index (κ3) is 6.93. The van der Waals surface area contributed by atoms with Gasteiger partial charge in [0, 0.05) is 25.4 Å². The summed E-state index contributed by atoms with van der Waals surface area (Å²) in [7, 11) is -3.36. The molecule has 0 aliphatic carbocycles. The Balaban J connectivity index is 2.35. The Morgan fingerprint density at radius 2 is 1.81 bits per heavy atom. The van der Waals surface area contributed by atoms with Gasteiger partial charge >= 0.3 is 0 Å². The maximum Gasteiger partial charge on any atom is 0.240 e. The van der Waals surface area contributed by atoms with Gasteiger partial charge < -0.3 is 10.1 Å². The van der Waals surface area contributed by atoms with Crippen LogP contribution in [0.5, 0.6) is 0 Å². The minimum Gasteiger partial charge on any atom is -0.385 e. The van der Waals surface area contributed by atoms with Crippen molar-refractivity contribution in [1.29, 1.82) is 0 Å². The highest BCUT2D eigenvalue weighted by atomic mass is 32.2. The summed E-state index contributed by atoms with van der Waals surface area (Å²) >= 11 is 0. The Hall–Kier alpha value is -1.11. The molecule has 0 unspecified atom stereocenters. The summed E-state index contributed by atoms with van der Waals surface area (Å²) in [6.07, 6.45) is 2.31. The molecule has 1 rings (SSSR count). The second-order valence-corrected chi connectivity index (χ2v) is 6.85. The van der Waals surface area contributed by atoms with Crippen molar-refractivity contribution in [2.24, 2.45) is 0 Å². The fourth-order valence-corrected chi connectivity index (χ4v) is 2.85. The topological polar surface area (TPSA) is 67.4 Å². The fourth-order valence-electron chi connectivity index (χ4n) is 1.80. The first kappa shape index (κ1) is 17.9. The molecule has 0 spiro atoms. The van der Waals surface area contributed by atoms with E-state index in [2.05, 4.69) is 10.0 Å². The first-order valence-corrected chi connectivity index (χ1v) is 8.89. The number of nitrogens with one attached hydrogen (secondary N) is 2. The molecule has 0 aromatic heterocycles. The van der Waals surface area contributed by atoms with E-state index in [1.807, 2.05) is 13.8 Å². The van der Waals surface area contributed by atoms with Crippen LogP contribution in [0.4, 0.5) is 5.69 Å². The normalized spacial score (nSPS) is 11.8.